The Labute approximate surface area is 76.1 Å². The first kappa shape index (κ1) is 11.6. The van der Waals surface area contributed by atoms with Crippen LogP contribution in [-0.4, -0.2) is 28.8 Å². The molecule has 74 valence electrons. The third-order valence-electron chi connectivity index (χ3n) is 1.45. The number of ketones is 1. The van der Waals surface area contributed by atoms with Crippen LogP contribution in [0, 0.1) is 0 Å². The Morgan fingerprint density at radius 1 is 1.38 bits per heavy atom. The van der Waals surface area contributed by atoms with Crippen molar-refractivity contribution in [3.63, 3.8) is 0 Å². The first-order valence-corrected chi connectivity index (χ1v) is 4.05. The number of aliphatic carboxylic acids is 1. The lowest BCUT2D eigenvalue weighted by Gasteiger charge is -2.07. The molecule has 0 aromatic carbocycles. The average molecular weight is 187 g/mol. The summed E-state index contributed by atoms with van der Waals surface area (Å²) in [6.07, 6.45) is 0.728. The largest absolute Gasteiger partial charge is 0.480 e. The highest BCUT2D eigenvalue weighted by molar-refractivity contribution is 6.36. The van der Waals surface area contributed by atoms with Crippen molar-refractivity contribution in [2.45, 2.75) is 32.7 Å². The summed E-state index contributed by atoms with van der Waals surface area (Å²) in [5, 5.41) is 10.5. The van der Waals surface area contributed by atoms with Crippen LogP contribution in [0.15, 0.2) is 0 Å². The van der Waals surface area contributed by atoms with Crippen LogP contribution >= 0.6 is 0 Å². The normalized spacial score (nSPS) is 11.8. The predicted octanol–water partition coefficient (Wildman–Crippen LogP) is -0.0551. The molecule has 0 bridgehead atoms. The third kappa shape index (κ3) is 4.25. The molecule has 0 saturated heterocycles. The average Bonchev–Trinajstić information content (AvgIpc) is 2.04. The van der Waals surface area contributed by atoms with Crippen LogP contribution in [0.3, 0.4) is 0 Å². The minimum absolute atomic E-state index is 0.151. The van der Waals surface area contributed by atoms with E-state index in [1.807, 2.05) is 0 Å². The van der Waals surface area contributed by atoms with Crippen LogP contribution in [0.1, 0.15) is 26.7 Å². The quantitative estimate of drug-likeness (QED) is 0.591. The molecule has 0 aliphatic heterocycles. The fourth-order valence-corrected chi connectivity index (χ4v) is 0.679. The second kappa shape index (κ2) is 5.29. The van der Waals surface area contributed by atoms with E-state index in [4.69, 9.17) is 5.11 Å². The zero-order valence-electron chi connectivity index (χ0n) is 7.66. The second-order valence-electron chi connectivity index (χ2n) is 2.71. The van der Waals surface area contributed by atoms with Gasteiger partial charge >= 0.3 is 5.97 Å². The summed E-state index contributed by atoms with van der Waals surface area (Å²) in [7, 11) is 0. The molecule has 0 aliphatic rings. The zero-order valence-corrected chi connectivity index (χ0v) is 7.66. The Hall–Kier alpha value is -1.39. The lowest BCUT2D eigenvalue weighted by atomic mass is 10.2. The molecule has 0 heterocycles. The summed E-state index contributed by atoms with van der Waals surface area (Å²) >= 11 is 0. The molecule has 0 aromatic heterocycles. The molecule has 0 radical (unpaired) electrons. The van der Waals surface area contributed by atoms with Crippen LogP contribution in [0.25, 0.3) is 0 Å². The Bertz CT molecular complexity index is 224. The van der Waals surface area contributed by atoms with Crippen molar-refractivity contribution < 1.29 is 19.5 Å². The molecule has 1 atom stereocenters. The molecular weight excluding hydrogens is 174 g/mol. The maximum Gasteiger partial charge on any atom is 0.325 e. The van der Waals surface area contributed by atoms with Crippen molar-refractivity contribution in [2.24, 2.45) is 0 Å². The maximum atomic E-state index is 10.9. The van der Waals surface area contributed by atoms with E-state index < -0.39 is 23.7 Å². The minimum atomic E-state index is -1.15. The maximum absolute atomic E-state index is 10.9. The van der Waals surface area contributed by atoms with Crippen molar-refractivity contribution in [1.82, 2.24) is 5.32 Å². The van der Waals surface area contributed by atoms with E-state index in [2.05, 4.69) is 5.32 Å². The van der Waals surface area contributed by atoms with Gasteiger partial charge in [0.05, 0.1) is 0 Å². The topological polar surface area (TPSA) is 83.5 Å². The van der Waals surface area contributed by atoms with E-state index in [0.29, 0.717) is 6.42 Å². The Morgan fingerprint density at radius 3 is 2.31 bits per heavy atom. The Kier molecular flexibility index (Phi) is 4.72. The smallest absolute Gasteiger partial charge is 0.325 e. The van der Waals surface area contributed by atoms with E-state index in [1.54, 1.807) is 6.92 Å². The molecule has 0 spiro atoms. The van der Waals surface area contributed by atoms with Crippen LogP contribution < -0.4 is 5.32 Å². The molecule has 0 saturated carbocycles. The number of nitrogens with one attached hydrogen (secondary N) is 1. The first-order valence-electron chi connectivity index (χ1n) is 4.05. The number of carboxylic acid groups (broad SMARTS) is 1. The van der Waals surface area contributed by atoms with Gasteiger partial charge in [0.15, 0.2) is 0 Å². The number of amides is 1. The van der Waals surface area contributed by atoms with E-state index in [0.717, 1.165) is 0 Å². The molecule has 1 unspecified atom stereocenters. The van der Waals surface area contributed by atoms with Crippen LogP contribution in [0.2, 0.25) is 0 Å². The van der Waals surface area contributed by atoms with Gasteiger partial charge < -0.3 is 10.4 Å². The minimum Gasteiger partial charge on any atom is -0.480 e. The van der Waals surface area contributed by atoms with E-state index in [9.17, 15) is 14.4 Å². The molecule has 13 heavy (non-hydrogen) atoms. The lowest BCUT2D eigenvalue weighted by molar-refractivity contribution is -0.143. The number of carbonyl (C=O) groups is 3. The number of carbonyl (C=O) groups excluding carboxylic acids is 2. The SMILES string of the molecule is CCCC(=O)C(=O)NC(C)C(=O)O. The third-order valence-corrected chi connectivity index (χ3v) is 1.45. The monoisotopic (exact) mass is 187 g/mol. The van der Waals surface area contributed by atoms with Crippen LogP contribution in [0.4, 0.5) is 0 Å². The second-order valence-corrected chi connectivity index (χ2v) is 2.71. The molecule has 0 rings (SSSR count). The molecule has 0 aromatic rings. The Morgan fingerprint density at radius 2 is 1.92 bits per heavy atom. The van der Waals surface area contributed by atoms with Gasteiger partial charge in [0, 0.05) is 6.42 Å². The molecule has 0 fully saturated rings. The van der Waals surface area contributed by atoms with E-state index >= 15 is 0 Å². The van der Waals surface area contributed by atoms with Gasteiger partial charge in [-0.05, 0) is 13.3 Å². The molecule has 0 aliphatic carbocycles. The molecule has 1 amide bonds. The van der Waals surface area contributed by atoms with Gasteiger partial charge in [0.1, 0.15) is 6.04 Å². The van der Waals surface area contributed by atoms with Gasteiger partial charge in [-0.1, -0.05) is 6.92 Å². The summed E-state index contributed by atoms with van der Waals surface area (Å²) in [5.41, 5.74) is 0. The number of carboxylic acids is 1. The van der Waals surface area contributed by atoms with Gasteiger partial charge in [-0.25, -0.2) is 0 Å². The number of rotatable bonds is 5. The van der Waals surface area contributed by atoms with Gasteiger partial charge in [0.2, 0.25) is 5.78 Å². The first-order chi connectivity index (χ1) is 5.99. The summed E-state index contributed by atoms with van der Waals surface area (Å²) in [5.74, 6) is -2.55. The fraction of sp³-hybridized carbons (Fsp3) is 0.625. The Balaban J connectivity index is 4.00. The van der Waals surface area contributed by atoms with E-state index in [1.165, 1.54) is 6.92 Å². The highest BCUT2D eigenvalue weighted by atomic mass is 16.4. The van der Waals surface area contributed by atoms with Gasteiger partial charge in [0.25, 0.3) is 5.91 Å². The molecule has 2 N–H and O–H groups in total. The summed E-state index contributed by atoms with van der Waals surface area (Å²) in [6.45, 7) is 3.07. The van der Waals surface area contributed by atoms with Crippen molar-refractivity contribution in [3.8, 4) is 0 Å². The summed E-state index contributed by atoms with van der Waals surface area (Å²) in [6, 6.07) is -1.02. The summed E-state index contributed by atoms with van der Waals surface area (Å²) in [4.78, 5) is 32.1. The number of hydrogen-bond acceptors (Lipinski definition) is 3. The van der Waals surface area contributed by atoms with Crippen LogP contribution in [0.5, 0.6) is 0 Å². The molecular formula is C8H13NO4. The van der Waals surface area contributed by atoms with Gasteiger partial charge in [-0.15, -0.1) is 0 Å². The summed E-state index contributed by atoms with van der Waals surface area (Å²) < 4.78 is 0. The standard InChI is InChI=1S/C8H13NO4/c1-3-4-6(10)7(11)9-5(2)8(12)13/h5H,3-4H2,1-2H3,(H,9,11)(H,12,13). The van der Waals surface area contributed by atoms with Gasteiger partial charge in [-0.2, -0.15) is 0 Å². The zero-order chi connectivity index (χ0) is 10.4. The van der Waals surface area contributed by atoms with Gasteiger partial charge in [-0.3, -0.25) is 14.4 Å². The molecule has 5 nitrogen and oxygen atoms in total. The fourth-order valence-electron chi connectivity index (χ4n) is 0.679. The predicted molar refractivity (Wildman–Crippen MR) is 45.2 cm³/mol. The highest BCUT2D eigenvalue weighted by Crippen LogP contribution is 1.90. The van der Waals surface area contributed by atoms with Crippen molar-refractivity contribution in [3.05, 3.63) is 0 Å². The highest BCUT2D eigenvalue weighted by Gasteiger charge is 2.18. The number of Topliss-reactive ketones (excluding diaryl/α,β-unsaturated/α-hetero) is 1. The lowest BCUT2D eigenvalue weighted by Crippen LogP contribution is -2.41. The van der Waals surface area contributed by atoms with Crippen LogP contribution in [-0.2, 0) is 14.4 Å². The van der Waals surface area contributed by atoms with Crippen molar-refractivity contribution in [1.29, 1.82) is 0 Å². The number of hydrogen-bond donors (Lipinski definition) is 2. The van der Waals surface area contributed by atoms with E-state index in [-0.39, 0.29) is 6.42 Å². The van der Waals surface area contributed by atoms with Crippen molar-refractivity contribution in [2.75, 3.05) is 0 Å². The molecule has 5 heteroatoms. The van der Waals surface area contributed by atoms with Crippen molar-refractivity contribution >= 4 is 17.7 Å².